The normalized spacial score (nSPS) is 19.8. The molecule has 0 saturated carbocycles. The molecule has 0 amide bonds. The number of nitrogens with two attached hydrogens (primary N) is 2. The number of carboxylic acid groups (broad SMARTS) is 1. The van der Waals surface area contributed by atoms with Crippen LogP contribution in [0.25, 0.3) is 11.2 Å². The van der Waals surface area contributed by atoms with Crippen molar-refractivity contribution in [2.75, 3.05) is 17.8 Å². The van der Waals surface area contributed by atoms with Crippen LogP contribution in [0.3, 0.4) is 0 Å². The Kier molecular flexibility index (Phi) is 13.4. The molecule has 0 bridgehead atoms. The zero-order valence-electron chi connectivity index (χ0n) is 24.3. The van der Waals surface area contributed by atoms with Crippen molar-refractivity contribution in [1.29, 1.82) is 0 Å². The zero-order chi connectivity index (χ0) is 30.8. The van der Waals surface area contributed by atoms with Crippen LogP contribution in [0.4, 0.5) is 11.5 Å². The number of rotatable bonds is 7. The Morgan fingerprint density at radius 3 is 2.19 bits per heavy atom. The zero-order valence-corrected chi connectivity index (χ0v) is 24.3. The fourth-order valence-electron chi connectivity index (χ4n) is 4.26. The van der Waals surface area contributed by atoms with E-state index >= 15 is 0 Å². The molecular formula is C29H41N7O7. The van der Waals surface area contributed by atoms with Crippen LogP contribution in [-0.4, -0.2) is 76.3 Å². The molecule has 0 radical (unpaired) electrons. The molecule has 5 atom stereocenters. The summed E-state index contributed by atoms with van der Waals surface area (Å²) in [5.41, 5.74) is 12.0. The number of aromatic nitrogens is 4. The number of ether oxygens (including phenoxy) is 1. The lowest BCUT2D eigenvalue weighted by molar-refractivity contribution is -0.138. The van der Waals surface area contributed by atoms with Crippen molar-refractivity contribution in [3.8, 4) is 0 Å². The minimum absolute atomic E-state index is 0. The molecule has 43 heavy (non-hydrogen) atoms. The highest BCUT2D eigenvalue weighted by atomic mass is 16.6. The van der Waals surface area contributed by atoms with Gasteiger partial charge in [-0.3, -0.25) is 15.2 Å². The van der Waals surface area contributed by atoms with Crippen molar-refractivity contribution in [2.24, 2.45) is 11.8 Å². The van der Waals surface area contributed by atoms with Gasteiger partial charge in [-0.25, -0.2) is 15.0 Å². The fraction of sp³-hybridized carbons (Fsp3) is 0.379. The van der Waals surface area contributed by atoms with E-state index in [-0.39, 0.29) is 11.3 Å². The third-order valence-corrected chi connectivity index (χ3v) is 6.61. The molecule has 2 aromatic carbocycles. The Hall–Kier alpha value is -4.18. The average Bonchev–Trinajstić information content (AvgIpc) is 3.55. The van der Waals surface area contributed by atoms with Gasteiger partial charge in [-0.15, -0.1) is 0 Å². The molecule has 0 aliphatic carbocycles. The number of imidazole rings is 1. The predicted molar refractivity (Wildman–Crippen MR) is 162 cm³/mol. The first-order valence-corrected chi connectivity index (χ1v) is 13.5. The van der Waals surface area contributed by atoms with Crippen LogP contribution < -0.4 is 17.0 Å². The third-order valence-electron chi connectivity index (χ3n) is 6.61. The lowest BCUT2D eigenvalue weighted by Gasteiger charge is -2.16. The molecule has 3 heterocycles. The van der Waals surface area contributed by atoms with Crippen LogP contribution in [0.1, 0.15) is 44.0 Å². The summed E-state index contributed by atoms with van der Waals surface area (Å²) < 4.78 is 6.85. The maximum absolute atomic E-state index is 10.8. The lowest BCUT2D eigenvalue weighted by atomic mass is 9.97. The van der Waals surface area contributed by atoms with E-state index in [2.05, 4.69) is 34.2 Å². The van der Waals surface area contributed by atoms with E-state index in [1.807, 2.05) is 54.6 Å². The maximum Gasteiger partial charge on any atom is 0.310 e. The standard InChI is InChI=1S/C13H18O2.C10H13N5O4.C6H8N2.H2O/c1-9(2)8-11-4-6-12(7-5-11)10(3)13(14)15;11-8-5-9(13-2-12-8)15(3-14-5)10-7(18)6(17)4(1-16)19-10;7-8-6-4-2-1-3-5-6;/h4-7,9-10H,8H2,1-3H3,(H,14,15);2-4,6-7,10,16-18H,1H2,(H2,11,12,13);1-5,8H,7H2;1H2/t;4-,6-,7+,10-;;/m.1../s1. The molecule has 1 fully saturated rings. The average molecular weight is 600 g/mol. The highest BCUT2D eigenvalue weighted by molar-refractivity contribution is 5.81. The molecule has 2 aromatic heterocycles. The van der Waals surface area contributed by atoms with Crippen LogP contribution in [0.5, 0.6) is 0 Å². The first-order chi connectivity index (χ1) is 20.1. The molecule has 1 aliphatic heterocycles. The van der Waals surface area contributed by atoms with Crippen molar-refractivity contribution in [1.82, 2.24) is 19.5 Å². The molecular weight excluding hydrogens is 558 g/mol. The predicted octanol–water partition coefficient (Wildman–Crippen LogP) is 1.24. The summed E-state index contributed by atoms with van der Waals surface area (Å²) in [7, 11) is 0. The number of anilines is 2. The molecule has 1 saturated heterocycles. The number of aliphatic hydroxyl groups excluding tert-OH is 3. The highest BCUT2D eigenvalue weighted by Gasteiger charge is 2.44. The minimum Gasteiger partial charge on any atom is -0.481 e. The Bertz CT molecular complexity index is 1400. The SMILES string of the molecule is CC(C)Cc1ccc(C(C)C(=O)O)cc1.NNc1ccccc1.Nc1ncnc2c1ncn2[C@@H]1O[C@H](CO)[C@@H](O)[C@@H]1O.O. The number of para-hydroxylation sites is 1. The maximum atomic E-state index is 10.8. The van der Waals surface area contributed by atoms with E-state index in [4.69, 9.17) is 26.5 Å². The number of aliphatic hydroxyl groups is 3. The first-order valence-electron chi connectivity index (χ1n) is 13.5. The quantitative estimate of drug-likeness (QED) is 0.117. The number of hydrogen-bond acceptors (Lipinski definition) is 11. The van der Waals surface area contributed by atoms with E-state index < -0.39 is 43.0 Å². The van der Waals surface area contributed by atoms with Gasteiger partial charge >= 0.3 is 5.97 Å². The molecule has 1 unspecified atom stereocenters. The van der Waals surface area contributed by atoms with Gasteiger partial charge in [0.2, 0.25) is 0 Å². The number of nitrogens with one attached hydrogen (secondary N) is 1. The van der Waals surface area contributed by atoms with Gasteiger partial charge in [0.25, 0.3) is 0 Å². The molecule has 14 nitrogen and oxygen atoms in total. The number of nitrogen functional groups attached to an aromatic ring is 2. The van der Waals surface area contributed by atoms with Gasteiger partial charge in [-0.05, 0) is 42.5 Å². The number of aliphatic carboxylic acids is 1. The number of nitrogens with zero attached hydrogens (tertiary/aromatic N) is 4. The molecule has 1 aliphatic rings. The fourth-order valence-corrected chi connectivity index (χ4v) is 4.26. The second kappa shape index (κ2) is 16.5. The van der Waals surface area contributed by atoms with E-state index in [1.165, 1.54) is 22.8 Å². The highest BCUT2D eigenvalue weighted by Crippen LogP contribution is 2.31. The summed E-state index contributed by atoms with van der Waals surface area (Å²) in [4.78, 5) is 22.7. The first kappa shape index (κ1) is 35.0. The molecule has 234 valence electrons. The number of benzene rings is 2. The van der Waals surface area contributed by atoms with Crippen molar-refractivity contribution < 1.29 is 35.4 Å². The van der Waals surface area contributed by atoms with Gasteiger partial charge in [0.05, 0.1) is 18.9 Å². The van der Waals surface area contributed by atoms with Gasteiger partial charge < -0.3 is 41.8 Å². The van der Waals surface area contributed by atoms with Crippen molar-refractivity contribution in [3.63, 3.8) is 0 Å². The molecule has 0 spiro atoms. The Morgan fingerprint density at radius 1 is 1.02 bits per heavy atom. The second-order valence-corrected chi connectivity index (χ2v) is 10.2. The molecule has 14 heteroatoms. The van der Waals surface area contributed by atoms with Crippen molar-refractivity contribution in [3.05, 3.63) is 78.4 Å². The van der Waals surface area contributed by atoms with E-state index in [1.54, 1.807) is 6.92 Å². The van der Waals surface area contributed by atoms with E-state index in [9.17, 15) is 15.0 Å². The summed E-state index contributed by atoms with van der Waals surface area (Å²) in [6.07, 6.45) is -0.380. The Labute approximate surface area is 249 Å². The van der Waals surface area contributed by atoms with Gasteiger partial charge in [0.15, 0.2) is 17.7 Å². The van der Waals surface area contributed by atoms with Crippen LogP contribution in [-0.2, 0) is 16.0 Å². The summed E-state index contributed by atoms with van der Waals surface area (Å²) in [5, 5.41) is 37.6. The number of hydrazine groups is 1. The summed E-state index contributed by atoms with van der Waals surface area (Å²) >= 11 is 0. The third kappa shape index (κ3) is 9.15. The minimum atomic E-state index is -1.19. The van der Waals surface area contributed by atoms with E-state index in [0.717, 1.165) is 17.7 Å². The van der Waals surface area contributed by atoms with Gasteiger partial charge in [-0.2, -0.15) is 0 Å². The topological polar surface area (TPSA) is 246 Å². The van der Waals surface area contributed by atoms with Gasteiger partial charge in [0.1, 0.15) is 30.2 Å². The number of carboxylic acids is 1. The Balaban J connectivity index is 0.000000240. The summed E-state index contributed by atoms with van der Waals surface area (Å²) in [5.74, 6) is 4.76. The second-order valence-electron chi connectivity index (χ2n) is 10.2. The number of fused-ring (bicyclic) bond motifs is 1. The van der Waals surface area contributed by atoms with Crippen LogP contribution >= 0.6 is 0 Å². The number of carbonyl (C=O) groups is 1. The van der Waals surface area contributed by atoms with Crippen LogP contribution in [0.15, 0.2) is 67.3 Å². The largest absolute Gasteiger partial charge is 0.481 e. The van der Waals surface area contributed by atoms with Crippen LogP contribution in [0.2, 0.25) is 0 Å². The summed E-state index contributed by atoms with van der Waals surface area (Å²) in [6, 6.07) is 17.5. The lowest BCUT2D eigenvalue weighted by Crippen LogP contribution is -2.33. The molecule has 11 N–H and O–H groups in total. The van der Waals surface area contributed by atoms with E-state index in [0.29, 0.717) is 17.1 Å². The van der Waals surface area contributed by atoms with Gasteiger partial charge in [0, 0.05) is 5.69 Å². The Morgan fingerprint density at radius 2 is 1.67 bits per heavy atom. The van der Waals surface area contributed by atoms with Crippen molar-refractivity contribution >= 4 is 28.6 Å². The summed E-state index contributed by atoms with van der Waals surface area (Å²) in [6.45, 7) is 5.67. The van der Waals surface area contributed by atoms with Crippen molar-refractivity contribution in [2.45, 2.75) is 57.6 Å². The van der Waals surface area contributed by atoms with Gasteiger partial charge in [-0.1, -0.05) is 56.3 Å². The molecule has 4 aromatic rings. The molecule has 5 rings (SSSR count). The smallest absolute Gasteiger partial charge is 0.310 e. The monoisotopic (exact) mass is 599 g/mol. The van der Waals surface area contributed by atoms with Crippen LogP contribution in [0, 0.1) is 5.92 Å². The number of hydrogen-bond donors (Lipinski definition) is 7.